The lowest BCUT2D eigenvalue weighted by Crippen LogP contribution is -2.03. The molecule has 0 fully saturated rings. The number of fused-ring (bicyclic) bond motifs is 3. The Balaban J connectivity index is 0.000000552. The molecular formula is C71H92. The molecule has 7 rings (SSSR count). The van der Waals surface area contributed by atoms with Crippen LogP contribution < -0.4 is 0 Å². The highest BCUT2D eigenvalue weighted by Crippen LogP contribution is 2.33. The maximum atomic E-state index is 4.00. The summed E-state index contributed by atoms with van der Waals surface area (Å²) in [5, 5.41) is 5.41. The van der Waals surface area contributed by atoms with Crippen molar-refractivity contribution in [2.45, 2.75) is 155 Å². The Kier molecular flexibility index (Phi) is 30.8. The van der Waals surface area contributed by atoms with E-state index in [1.54, 1.807) is 0 Å². The molecule has 1 aliphatic rings. The molecule has 0 saturated carbocycles. The molecule has 376 valence electrons. The first-order valence-electron chi connectivity index (χ1n) is 26.2. The van der Waals surface area contributed by atoms with Gasteiger partial charge in [-0.05, 0) is 182 Å². The lowest BCUT2D eigenvalue weighted by molar-refractivity contribution is 0.575. The number of hydrogen-bond donors (Lipinski definition) is 0. The molecule has 71 heavy (non-hydrogen) atoms. The summed E-state index contributed by atoms with van der Waals surface area (Å²) < 4.78 is 0. The van der Waals surface area contributed by atoms with Crippen LogP contribution in [0.4, 0.5) is 0 Å². The maximum Gasteiger partial charge on any atom is -0.00992 e. The average molecular weight is 946 g/mol. The smallest absolute Gasteiger partial charge is 0.00992 e. The second kappa shape index (κ2) is 34.9. The molecule has 0 heterocycles. The number of aryl methyl sites for hydroxylation is 5. The van der Waals surface area contributed by atoms with Crippen LogP contribution in [0, 0.1) is 65.2 Å². The molecule has 0 aromatic heterocycles. The van der Waals surface area contributed by atoms with Crippen LogP contribution in [-0.4, -0.2) is 0 Å². The van der Waals surface area contributed by atoms with Gasteiger partial charge in [0, 0.05) is 0 Å². The van der Waals surface area contributed by atoms with Crippen molar-refractivity contribution in [2.75, 3.05) is 0 Å². The van der Waals surface area contributed by atoms with Gasteiger partial charge in [0.25, 0.3) is 0 Å². The molecule has 0 saturated heterocycles. The van der Waals surface area contributed by atoms with Gasteiger partial charge in [0.1, 0.15) is 0 Å². The van der Waals surface area contributed by atoms with E-state index in [0.717, 1.165) is 24.7 Å². The fraction of sp³-hybridized carbons (Fsp3) is 0.352. The summed E-state index contributed by atoms with van der Waals surface area (Å²) in [5.74, 6) is 2.80. The van der Waals surface area contributed by atoms with E-state index in [2.05, 4.69) is 280 Å². The lowest BCUT2D eigenvalue weighted by atomic mass is 9.86. The fourth-order valence-corrected chi connectivity index (χ4v) is 8.34. The molecule has 6 aromatic carbocycles. The van der Waals surface area contributed by atoms with Crippen LogP contribution in [0.3, 0.4) is 0 Å². The van der Waals surface area contributed by atoms with E-state index < -0.39 is 0 Å². The van der Waals surface area contributed by atoms with E-state index in [-0.39, 0.29) is 0 Å². The molecular weight excluding hydrogens is 853 g/mol. The molecule has 0 spiro atoms. The van der Waals surface area contributed by atoms with Gasteiger partial charge < -0.3 is 0 Å². The largest absolute Gasteiger partial charge is 0.124 e. The summed E-state index contributed by atoms with van der Waals surface area (Å²) in [7, 11) is 0. The maximum absolute atomic E-state index is 4.00. The Morgan fingerprint density at radius 1 is 0.634 bits per heavy atom. The van der Waals surface area contributed by atoms with Gasteiger partial charge in [0.15, 0.2) is 0 Å². The highest BCUT2D eigenvalue weighted by Gasteiger charge is 2.14. The molecule has 1 unspecified atom stereocenters. The lowest BCUT2D eigenvalue weighted by Gasteiger charge is -2.20. The first-order chi connectivity index (χ1) is 34.1. The van der Waals surface area contributed by atoms with E-state index in [1.807, 2.05) is 13.8 Å². The van der Waals surface area contributed by atoms with Gasteiger partial charge in [0.2, 0.25) is 0 Å². The van der Waals surface area contributed by atoms with Crippen LogP contribution in [0.1, 0.15) is 164 Å². The van der Waals surface area contributed by atoms with Crippen LogP contribution >= 0.6 is 0 Å². The van der Waals surface area contributed by atoms with Crippen molar-refractivity contribution in [1.29, 1.82) is 0 Å². The van der Waals surface area contributed by atoms with Gasteiger partial charge in [-0.15, -0.1) is 25.7 Å². The zero-order chi connectivity index (χ0) is 53.5. The normalized spacial score (nSPS) is 13.6. The van der Waals surface area contributed by atoms with Crippen LogP contribution in [0.15, 0.2) is 168 Å². The Bertz CT molecular complexity index is 2570. The van der Waals surface area contributed by atoms with Crippen molar-refractivity contribution >= 4 is 27.6 Å². The number of rotatable bonds is 10. The van der Waals surface area contributed by atoms with Crippen LogP contribution in [-0.2, 0) is 12.8 Å². The van der Waals surface area contributed by atoms with Gasteiger partial charge in [-0.2, -0.15) is 0 Å². The van der Waals surface area contributed by atoms with Crippen molar-refractivity contribution < 1.29 is 0 Å². The molecule has 6 aromatic rings. The van der Waals surface area contributed by atoms with E-state index in [0.29, 0.717) is 11.8 Å². The Hall–Kier alpha value is -6.34. The van der Waals surface area contributed by atoms with Gasteiger partial charge >= 0.3 is 0 Å². The SMILES string of the molecule is C#C.C#C.CC.C\C=C/C=C(CCc1cccc2c1ccc1cc(C)c(/C=C\C)cc12)/C(C)=C1/C=CCC(C)C1.Cc1ccc(C(C)C)cc1.Cc1ccc(C(C)C)cc1.Cc1ccc(CC(C)C)cc1. The molecule has 1 aliphatic carbocycles. The number of terminal acetylenes is 2. The number of allylic oxidation sites excluding steroid dienone is 9. The summed E-state index contributed by atoms with van der Waals surface area (Å²) in [6, 6.07) is 42.4. The topological polar surface area (TPSA) is 0 Å². The van der Waals surface area contributed by atoms with E-state index in [9.17, 15) is 0 Å². The van der Waals surface area contributed by atoms with Gasteiger partial charge in [-0.3, -0.25) is 0 Å². The Morgan fingerprint density at radius 2 is 1.17 bits per heavy atom. The highest BCUT2D eigenvalue weighted by atomic mass is 14.2. The third-order valence-corrected chi connectivity index (χ3v) is 12.5. The minimum absolute atomic E-state index is 0.653. The molecule has 0 N–H and O–H groups in total. The van der Waals surface area contributed by atoms with Gasteiger partial charge in [0.05, 0.1) is 0 Å². The highest BCUT2D eigenvalue weighted by molar-refractivity contribution is 6.09. The third kappa shape index (κ3) is 22.1. The molecule has 1 atom stereocenters. The molecule has 0 nitrogen and oxygen atoms in total. The Morgan fingerprint density at radius 3 is 1.65 bits per heavy atom. The van der Waals surface area contributed by atoms with Gasteiger partial charge in [-0.1, -0.05) is 231 Å². The summed E-state index contributed by atoms with van der Waals surface area (Å²) >= 11 is 0. The van der Waals surface area contributed by atoms with Gasteiger partial charge in [-0.25, -0.2) is 0 Å². The quantitative estimate of drug-likeness (QED) is 0.0729. The second-order valence-electron chi connectivity index (χ2n) is 19.5. The monoisotopic (exact) mass is 945 g/mol. The molecule has 0 radical (unpaired) electrons. The summed E-state index contributed by atoms with van der Waals surface area (Å²) in [6.07, 6.45) is 37.4. The predicted octanol–water partition coefficient (Wildman–Crippen LogP) is 21.0. The summed E-state index contributed by atoms with van der Waals surface area (Å²) in [4.78, 5) is 0. The summed E-state index contributed by atoms with van der Waals surface area (Å²) in [5.41, 5.74) is 16.8. The van der Waals surface area contributed by atoms with Crippen molar-refractivity contribution in [2.24, 2.45) is 11.8 Å². The zero-order valence-electron chi connectivity index (χ0n) is 47.2. The number of hydrogen-bond acceptors (Lipinski definition) is 0. The van der Waals surface area contributed by atoms with E-state index in [1.165, 1.54) is 108 Å². The third-order valence-electron chi connectivity index (χ3n) is 12.5. The zero-order valence-corrected chi connectivity index (χ0v) is 47.2. The van der Waals surface area contributed by atoms with E-state index >= 15 is 0 Å². The minimum atomic E-state index is 0.653. The number of benzene rings is 6. The first kappa shape index (κ1) is 62.7. The van der Waals surface area contributed by atoms with E-state index in [4.69, 9.17) is 0 Å². The molecule has 0 bridgehead atoms. The van der Waals surface area contributed by atoms with Crippen molar-refractivity contribution in [3.63, 3.8) is 0 Å². The molecule has 0 heteroatoms. The summed E-state index contributed by atoms with van der Waals surface area (Å²) in [6.45, 7) is 34.8. The molecule has 0 amide bonds. The minimum Gasteiger partial charge on any atom is -0.124 e. The van der Waals surface area contributed by atoms with Crippen molar-refractivity contribution in [3.05, 3.63) is 219 Å². The predicted molar refractivity (Wildman–Crippen MR) is 324 cm³/mol. The fourth-order valence-electron chi connectivity index (χ4n) is 8.34. The van der Waals surface area contributed by atoms with Crippen LogP contribution in [0.2, 0.25) is 0 Å². The van der Waals surface area contributed by atoms with Crippen molar-refractivity contribution in [1.82, 2.24) is 0 Å². The van der Waals surface area contributed by atoms with Crippen molar-refractivity contribution in [3.8, 4) is 25.7 Å². The second-order valence-corrected chi connectivity index (χ2v) is 19.5. The first-order valence-corrected chi connectivity index (χ1v) is 26.2. The van der Waals surface area contributed by atoms with Crippen LogP contribution in [0.25, 0.3) is 27.6 Å². The molecule has 0 aliphatic heterocycles. The van der Waals surface area contributed by atoms with Crippen LogP contribution in [0.5, 0.6) is 0 Å². The average Bonchev–Trinajstić information content (AvgIpc) is 3.37. The Labute approximate surface area is 436 Å². The standard InChI is InChI=1S/C34H38.C11H16.2C10H14.C2H6.2C2H2/c1-6-8-13-27(26(5)30-15-9-12-24(3)21-30)17-18-28-14-10-16-33-32(28)20-19-31-22-25(4)29(11-7-2)23-34(31)33;1-9(2)8-11-6-4-10(3)5-7-11;2*1-8(2)10-6-4-9(3)5-7-10;3*1-2/h6-11,13-16,19-20,22-24H,12,17-18,21H2,1-5H3;4-7,9H,8H2,1-3H3;2*4-8H,1-3H3;1-2H3;2*1-2H/b8-6-,11-7-,27-13+,30-26-;;;;;;.